The second-order valence-electron chi connectivity index (χ2n) is 11.9. The van der Waals surface area contributed by atoms with Gasteiger partial charge in [0.25, 0.3) is 5.91 Å². The lowest BCUT2D eigenvalue weighted by molar-refractivity contribution is -0.133. The minimum atomic E-state index is -0.742. The lowest BCUT2D eigenvalue weighted by atomic mass is 9.87. The van der Waals surface area contributed by atoms with Crippen LogP contribution in [0.15, 0.2) is 53.7 Å². The van der Waals surface area contributed by atoms with Gasteiger partial charge in [-0.25, -0.2) is 0 Å². The summed E-state index contributed by atoms with van der Waals surface area (Å²) in [6, 6.07) is 14.6. The van der Waals surface area contributed by atoms with Crippen LogP contribution in [-0.4, -0.2) is 99.1 Å². The Hall–Kier alpha value is -3.56. The van der Waals surface area contributed by atoms with Crippen molar-refractivity contribution < 1.29 is 14.7 Å². The summed E-state index contributed by atoms with van der Waals surface area (Å²) < 4.78 is 0. The number of aromatic amines is 1. The van der Waals surface area contributed by atoms with Crippen LogP contribution in [0.1, 0.15) is 37.7 Å². The number of benzene rings is 2. The average Bonchev–Trinajstić information content (AvgIpc) is 3.44. The molecule has 1 aromatic heterocycles. The number of carbonyl (C=O) groups is 2. The summed E-state index contributed by atoms with van der Waals surface area (Å²) in [6.07, 6.45) is 6.10. The van der Waals surface area contributed by atoms with Gasteiger partial charge in [0.05, 0.1) is 18.3 Å². The molecule has 1 spiro atoms. The van der Waals surface area contributed by atoms with Gasteiger partial charge in [-0.15, -0.1) is 0 Å². The number of hydrogen-bond acceptors (Lipinski definition) is 6. The second-order valence-corrected chi connectivity index (χ2v) is 11.9. The number of rotatable bonds is 7. The highest BCUT2D eigenvalue weighted by molar-refractivity contribution is 6.15. The van der Waals surface area contributed by atoms with Crippen LogP contribution in [-0.2, 0) is 9.59 Å². The molecule has 3 aromatic rings. The van der Waals surface area contributed by atoms with Crippen molar-refractivity contribution in [3.8, 4) is 11.1 Å². The number of aliphatic hydroxyl groups is 1. The SMILES string of the molecule is O=C(C1CC1)N1CCC(CN2C(=O)C3(CCN(CCO)CC3)N=C2c2ccc(-c3ccc4[nH]ncc4c3)cc2)C1. The maximum absolute atomic E-state index is 14.1. The van der Waals surface area contributed by atoms with Crippen molar-refractivity contribution in [1.29, 1.82) is 0 Å². The number of aliphatic imine (C=N–C) groups is 1. The number of nitrogens with one attached hydrogen (secondary N) is 1. The highest BCUT2D eigenvalue weighted by atomic mass is 16.3. The Labute approximate surface area is 233 Å². The molecule has 208 valence electrons. The number of aliphatic hydroxyl groups excluding tert-OH is 1. The summed E-state index contributed by atoms with van der Waals surface area (Å²) in [6.45, 7) is 4.35. The number of piperidine rings is 1. The molecule has 0 radical (unpaired) electrons. The molecule has 1 unspecified atom stereocenters. The second kappa shape index (κ2) is 10.1. The largest absolute Gasteiger partial charge is 0.395 e. The summed E-state index contributed by atoms with van der Waals surface area (Å²) in [5.74, 6) is 1.62. The van der Waals surface area contributed by atoms with Crippen LogP contribution in [0, 0.1) is 11.8 Å². The fraction of sp³-hybridized carbons (Fsp3) is 0.484. The maximum Gasteiger partial charge on any atom is 0.256 e. The molecule has 40 heavy (non-hydrogen) atoms. The van der Waals surface area contributed by atoms with Gasteiger partial charge >= 0.3 is 0 Å². The first kappa shape index (κ1) is 25.4. The third-order valence-electron chi connectivity index (χ3n) is 9.20. The van der Waals surface area contributed by atoms with Crippen LogP contribution in [0.2, 0.25) is 0 Å². The number of carbonyl (C=O) groups excluding carboxylic acids is 2. The van der Waals surface area contributed by atoms with Gasteiger partial charge in [0.1, 0.15) is 11.4 Å². The van der Waals surface area contributed by atoms with E-state index >= 15 is 0 Å². The Balaban J connectivity index is 1.15. The summed E-state index contributed by atoms with van der Waals surface area (Å²) in [4.78, 5) is 38.1. The number of aromatic nitrogens is 2. The van der Waals surface area contributed by atoms with E-state index < -0.39 is 5.54 Å². The predicted octanol–water partition coefficient (Wildman–Crippen LogP) is 2.90. The lowest BCUT2D eigenvalue weighted by Gasteiger charge is -2.36. The zero-order chi connectivity index (χ0) is 27.3. The standard InChI is InChI=1S/C31H36N6O3/c38-16-15-35-13-10-31(11-14-35)30(40)37(20-21-9-12-36(19-21)29(39)24-5-6-24)28(33-31)23-3-1-22(2-4-23)25-7-8-27-26(17-25)18-32-34-27/h1-4,7-8,17-18,21,24,38H,5-6,9-16,19-20H2,(H,32,34). The van der Waals surface area contributed by atoms with E-state index in [2.05, 4.69) is 51.5 Å². The number of amides is 2. The fourth-order valence-corrected chi connectivity index (χ4v) is 6.62. The van der Waals surface area contributed by atoms with Gasteiger partial charge < -0.3 is 14.9 Å². The third kappa shape index (κ3) is 4.61. The van der Waals surface area contributed by atoms with E-state index in [-0.39, 0.29) is 24.3 Å². The number of hydrogen-bond donors (Lipinski definition) is 2. The molecule has 2 N–H and O–H groups in total. The quantitative estimate of drug-likeness (QED) is 0.480. The van der Waals surface area contributed by atoms with Gasteiger partial charge in [-0.05, 0) is 61.3 Å². The van der Waals surface area contributed by atoms with Crippen LogP contribution in [0.5, 0.6) is 0 Å². The minimum absolute atomic E-state index is 0.0904. The van der Waals surface area contributed by atoms with Crippen LogP contribution in [0.4, 0.5) is 0 Å². The molecular weight excluding hydrogens is 504 g/mol. The van der Waals surface area contributed by atoms with Crippen molar-refractivity contribution in [2.45, 2.75) is 37.6 Å². The van der Waals surface area contributed by atoms with Crippen LogP contribution < -0.4 is 0 Å². The number of likely N-dealkylation sites (tertiary alicyclic amines) is 2. The Morgan fingerprint density at radius 1 is 1.00 bits per heavy atom. The Morgan fingerprint density at radius 3 is 2.50 bits per heavy atom. The first-order chi connectivity index (χ1) is 19.5. The monoisotopic (exact) mass is 540 g/mol. The maximum atomic E-state index is 14.1. The molecule has 7 rings (SSSR count). The highest BCUT2D eigenvalue weighted by Gasteiger charge is 2.50. The van der Waals surface area contributed by atoms with E-state index in [1.165, 1.54) is 0 Å². The van der Waals surface area contributed by atoms with Gasteiger partial charge in [-0.1, -0.05) is 30.3 Å². The predicted molar refractivity (Wildman–Crippen MR) is 153 cm³/mol. The lowest BCUT2D eigenvalue weighted by Crippen LogP contribution is -2.51. The molecule has 3 aliphatic heterocycles. The number of fused-ring (bicyclic) bond motifs is 1. The molecule has 9 heteroatoms. The van der Waals surface area contributed by atoms with E-state index in [4.69, 9.17) is 4.99 Å². The van der Waals surface area contributed by atoms with Crippen molar-refractivity contribution in [1.82, 2.24) is 24.9 Å². The van der Waals surface area contributed by atoms with E-state index in [0.29, 0.717) is 31.8 Å². The molecule has 4 aliphatic rings. The molecule has 2 amide bonds. The van der Waals surface area contributed by atoms with Gasteiger partial charge in [0, 0.05) is 56.1 Å². The Morgan fingerprint density at radius 2 is 1.75 bits per heavy atom. The molecule has 1 aliphatic carbocycles. The van der Waals surface area contributed by atoms with Gasteiger partial charge in [0.2, 0.25) is 5.91 Å². The molecule has 0 bridgehead atoms. The molecule has 4 heterocycles. The highest BCUT2D eigenvalue weighted by Crippen LogP contribution is 2.37. The third-order valence-corrected chi connectivity index (χ3v) is 9.20. The number of β-amino-alcohol motifs (C(OH)–C–C–N with tert-alkyl or cyclic N) is 1. The van der Waals surface area contributed by atoms with Crippen molar-refractivity contribution >= 4 is 28.6 Å². The van der Waals surface area contributed by atoms with Crippen LogP contribution in [0.25, 0.3) is 22.0 Å². The van der Waals surface area contributed by atoms with Crippen molar-refractivity contribution in [3.05, 3.63) is 54.2 Å². The zero-order valence-corrected chi connectivity index (χ0v) is 22.8. The fourth-order valence-electron chi connectivity index (χ4n) is 6.62. The molecular formula is C31H36N6O3. The van der Waals surface area contributed by atoms with Crippen LogP contribution >= 0.6 is 0 Å². The number of amidine groups is 1. The van der Waals surface area contributed by atoms with E-state index in [9.17, 15) is 14.7 Å². The molecule has 9 nitrogen and oxygen atoms in total. The van der Waals surface area contributed by atoms with Gasteiger partial charge in [-0.3, -0.25) is 24.6 Å². The topological polar surface area (TPSA) is 105 Å². The number of H-pyrrole nitrogens is 1. The van der Waals surface area contributed by atoms with Gasteiger partial charge in [0.15, 0.2) is 0 Å². The summed E-state index contributed by atoms with van der Waals surface area (Å²) in [5.41, 5.74) is 3.42. The molecule has 2 saturated heterocycles. The van der Waals surface area contributed by atoms with Gasteiger partial charge in [-0.2, -0.15) is 5.10 Å². The average molecular weight is 541 g/mol. The van der Waals surface area contributed by atoms with Crippen LogP contribution in [0.3, 0.4) is 0 Å². The van der Waals surface area contributed by atoms with E-state index in [1.807, 2.05) is 22.1 Å². The minimum Gasteiger partial charge on any atom is -0.395 e. The van der Waals surface area contributed by atoms with E-state index in [1.54, 1.807) is 0 Å². The normalized spacial score (nSPS) is 23.0. The molecule has 1 atom stereocenters. The van der Waals surface area contributed by atoms with Crippen molar-refractivity contribution in [2.24, 2.45) is 16.8 Å². The van der Waals surface area contributed by atoms with Crippen molar-refractivity contribution in [2.75, 3.05) is 45.9 Å². The smallest absolute Gasteiger partial charge is 0.256 e. The van der Waals surface area contributed by atoms with E-state index in [0.717, 1.165) is 78.9 Å². The summed E-state index contributed by atoms with van der Waals surface area (Å²) in [5, 5.41) is 17.6. The Kier molecular flexibility index (Phi) is 6.43. The molecule has 1 saturated carbocycles. The molecule has 2 aromatic carbocycles. The zero-order valence-electron chi connectivity index (χ0n) is 22.8. The first-order valence-corrected chi connectivity index (χ1v) is 14.6. The summed E-state index contributed by atoms with van der Waals surface area (Å²) in [7, 11) is 0. The van der Waals surface area contributed by atoms with Crippen molar-refractivity contribution in [3.63, 3.8) is 0 Å². The molecule has 3 fully saturated rings. The number of nitrogens with zero attached hydrogens (tertiary/aromatic N) is 5. The first-order valence-electron chi connectivity index (χ1n) is 14.6. The Bertz CT molecular complexity index is 1450. The summed E-state index contributed by atoms with van der Waals surface area (Å²) >= 11 is 0.